The lowest BCUT2D eigenvalue weighted by Gasteiger charge is -2.29. The summed E-state index contributed by atoms with van der Waals surface area (Å²) < 4.78 is 49.4. The van der Waals surface area contributed by atoms with E-state index in [1.165, 1.54) is 26.0 Å². The van der Waals surface area contributed by atoms with Gasteiger partial charge in [-0.05, 0) is 38.1 Å². The monoisotopic (exact) mass is 525 g/mol. The molecule has 194 valence electrons. The predicted octanol–water partition coefficient (Wildman–Crippen LogP) is 1.03. The summed E-state index contributed by atoms with van der Waals surface area (Å²) in [5.74, 6) is -1.31. The summed E-state index contributed by atoms with van der Waals surface area (Å²) in [5, 5.41) is 11.7. The average molecular weight is 525 g/mol. The van der Waals surface area contributed by atoms with Gasteiger partial charge in [-0.15, -0.1) is 0 Å². The number of benzene rings is 1. The van der Waals surface area contributed by atoms with Gasteiger partial charge in [-0.3, -0.25) is 23.7 Å². The van der Waals surface area contributed by atoms with Crippen molar-refractivity contribution < 1.29 is 37.4 Å². The number of ether oxygens (including phenoxy) is 2. The second-order valence-electron chi connectivity index (χ2n) is 8.30. The molecule has 1 unspecified atom stereocenters. The molecule has 6 atom stereocenters. The summed E-state index contributed by atoms with van der Waals surface area (Å²) >= 11 is 0. The number of nitrogens with zero attached hydrogens (tertiary/aromatic N) is 1. The number of rotatable bonds is 10. The first-order chi connectivity index (χ1) is 16.9. The number of aromatic amines is 1. The molecule has 1 fully saturated rings. The number of carbonyl (C=O) groups is 1. The van der Waals surface area contributed by atoms with Crippen molar-refractivity contribution in [3.8, 4) is 5.75 Å². The van der Waals surface area contributed by atoms with Crippen LogP contribution >= 0.6 is 7.75 Å². The van der Waals surface area contributed by atoms with Crippen LogP contribution in [0.15, 0.2) is 46.1 Å². The first kappa shape index (κ1) is 27.8. The molecule has 36 heavy (non-hydrogen) atoms. The highest BCUT2D eigenvalue weighted by molar-refractivity contribution is 7.52. The second kappa shape index (κ2) is 11.1. The minimum absolute atomic E-state index is 0.0301. The number of aliphatic hydroxyl groups is 1. The van der Waals surface area contributed by atoms with Gasteiger partial charge in [0.05, 0.1) is 27.2 Å². The maximum absolute atomic E-state index is 13.5. The number of halogens is 1. The quantitative estimate of drug-likeness (QED) is 0.232. The van der Waals surface area contributed by atoms with Crippen LogP contribution in [0.2, 0.25) is 5.31 Å². The van der Waals surface area contributed by atoms with E-state index < -0.39 is 67.2 Å². The van der Waals surface area contributed by atoms with Crippen LogP contribution in [0.5, 0.6) is 5.75 Å². The Bertz CT molecular complexity index is 1240. The largest absolute Gasteiger partial charge is 0.465 e. The number of hydrogen-bond acceptors (Lipinski definition) is 9. The van der Waals surface area contributed by atoms with Crippen LogP contribution in [0.4, 0.5) is 4.39 Å². The molecule has 2 radical (unpaired) electrons. The van der Waals surface area contributed by atoms with Crippen LogP contribution in [-0.4, -0.2) is 59.9 Å². The SMILES string of the molecule is [B][C@]1(C)[C@H](O)[C@@H](COP(=O)(N[C@@H](C)C(=O)OCC)Oc2ccc(F)cc2)O[C@H]1n1ccc(=O)[nH]c1=O. The lowest BCUT2D eigenvalue weighted by molar-refractivity contribution is -0.144. The van der Waals surface area contributed by atoms with E-state index >= 15 is 0 Å². The Labute approximate surface area is 206 Å². The van der Waals surface area contributed by atoms with Crippen LogP contribution in [0.1, 0.15) is 27.0 Å². The van der Waals surface area contributed by atoms with Gasteiger partial charge in [0, 0.05) is 17.6 Å². The van der Waals surface area contributed by atoms with E-state index in [1.54, 1.807) is 6.92 Å². The third kappa shape index (κ3) is 6.32. The van der Waals surface area contributed by atoms with Crippen LogP contribution in [0.25, 0.3) is 0 Å². The van der Waals surface area contributed by atoms with E-state index in [2.05, 4.69) is 10.1 Å². The molecule has 0 aliphatic carbocycles. The first-order valence-corrected chi connectivity index (χ1v) is 12.5. The molecule has 15 heteroatoms. The van der Waals surface area contributed by atoms with E-state index in [4.69, 9.17) is 26.4 Å². The minimum atomic E-state index is -4.34. The van der Waals surface area contributed by atoms with Gasteiger partial charge in [-0.2, -0.15) is 5.09 Å². The van der Waals surface area contributed by atoms with Crippen molar-refractivity contribution in [3.05, 3.63) is 63.2 Å². The van der Waals surface area contributed by atoms with E-state index in [9.17, 15) is 28.4 Å². The maximum Gasteiger partial charge on any atom is 0.459 e. The Morgan fingerprint density at radius 2 is 2.03 bits per heavy atom. The molecule has 2 heterocycles. The summed E-state index contributed by atoms with van der Waals surface area (Å²) in [6, 6.07) is 4.52. The van der Waals surface area contributed by atoms with Crippen molar-refractivity contribution in [2.24, 2.45) is 0 Å². The topological polar surface area (TPSA) is 158 Å². The highest BCUT2D eigenvalue weighted by atomic mass is 31.2. The number of nitrogens with one attached hydrogen (secondary N) is 2. The van der Waals surface area contributed by atoms with Crippen molar-refractivity contribution in [3.63, 3.8) is 0 Å². The molecule has 1 saturated heterocycles. The fourth-order valence-electron chi connectivity index (χ4n) is 3.49. The molecule has 2 aromatic rings. The summed E-state index contributed by atoms with van der Waals surface area (Å²) in [6.07, 6.45) is -2.66. The van der Waals surface area contributed by atoms with E-state index in [1.807, 2.05) is 0 Å². The predicted molar refractivity (Wildman–Crippen MR) is 125 cm³/mol. The highest BCUT2D eigenvalue weighted by Crippen LogP contribution is 2.50. The van der Waals surface area contributed by atoms with Crippen LogP contribution < -0.4 is 20.9 Å². The molecule has 12 nitrogen and oxygen atoms in total. The molecule has 3 N–H and O–H groups in total. The first-order valence-electron chi connectivity index (χ1n) is 10.9. The molecule has 0 saturated carbocycles. The zero-order chi connectivity index (χ0) is 26.7. The van der Waals surface area contributed by atoms with Gasteiger partial charge in [0.25, 0.3) is 5.56 Å². The van der Waals surface area contributed by atoms with E-state index in [-0.39, 0.29) is 12.4 Å². The fraction of sp³-hybridized carbons (Fsp3) is 0.476. The Hall–Kier alpha value is -2.77. The minimum Gasteiger partial charge on any atom is -0.465 e. The van der Waals surface area contributed by atoms with Gasteiger partial charge in [0.2, 0.25) is 0 Å². The summed E-state index contributed by atoms with van der Waals surface area (Å²) in [6.45, 7) is 3.93. The molecule has 0 amide bonds. The maximum atomic E-state index is 13.5. The van der Waals surface area contributed by atoms with Crippen molar-refractivity contribution in [1.29, 1.82) is 0 Å². The molecule has 1 aliphatic rings. The van der Waals surface area contributed by atoms with Crippen LogP contribution in [0.3, 0.4) is 0 Å². The van der Waals surface area contributed by atoms with Gasteiger partial charge in [-0.1, -0.05) is 6.92 Å². The average Bonchev–Trinajstić information content (AvgIpc) is 3.03. The summed E-state index contributed by atoms with van der Waals surface area (Å²) in [7, 11) is 1.89. The smallest absolute Gasteiger partial charge is 0.459 e. The van der Waals surface area contributed by atoms with Crippen molar-refractivity contribution in [1.82, 2.24) is 14.6 Å². The third-order valence-electron chi connectivity index (χ3n) is 5.37. The number of hydrogen-bond donors (Lipinski definition) is 3. The number of esters is 1. The van der Waals surface area contributed by atoms with Gasteiger partial charge in [0.15, 0.2) is 0 Å². The second-order valence-corrected chi connectivity index (χ2v) is 9.99. The lowest BCUT2D eigenvalue weighted by Crippen LogP contribution is -2.38. The van der Waals surface area contributed by atoms with Gasteiger partial charge in [0.1, 0.15) is 29.9 Å². The standard InChI is InChI=1S/C21H26BFN3O9P/c1-4-32-18(29)12(2)25-36(31,35-14-7-5-13(23)6-8-14)33-11-15-17(28)21(3,22)19(34-15)26-10-9-16(27)24-20(26)30/h5-10,12,15,17,19,28H,4,11H2,1-3H3,(H,25,31)(H,24,27,30)/t12-,15+,17+,19+,21+,36?/m0/s1. The number of H-pyrrole nitrogens is 1. The third-order valence-corrected chi connectivity index (χ3v) is 7.01. The molecule has 0 bridgehead atoms. The normalized spacial score (nSPS) is 26.2. The van der Waals surface area contributed by atoms with Crippen molar-refractivity contribution >= 4 is 21.6 Å². The molecular weight excluding hydrogens is 499 g/mol. The van der Waals surface area contributed by atoms with Crippen LogP contribution in [0, 0.1) is 5.82 Å². The molecule has 1 aliphatic heterocycles. The van der Waals surface area contributed by atoms with Gasteiger partial charge >= 0.3 is 19.4 Å². The zero-order valence-corrected chi connectivity index (χ0v) is 20.6. The van der Waals surface area contributed by atoms with E-state index in [0.29, 0.717) is 0 Å². The molecule has 1 aromatic heterocycles. The lowest BCUT2D eigenvalue weighted by atomic mass is 9.65. The Morgan fingerprint density at radius 3 is 2.64 bits per heavy atom. The molecule has 1 aromatic carbocycles. The van der Waals surface area contributed by atoms with Crippen molar-refractivity contribution in [2.45, 2.75) is 50.6 Å². The van der Waals surface area contributed by atoms with Gasteiger partial charge in [-0.25, -0.2) is 13.8 Å². The molecule has 0 spiro atoms. The summed E-state index contributed by atoms with van der Waals surface area (Å²) in [4.78, 5) is 37.8. The fourth-order valence-corrected chi connectivity index (χ4v) is 5.00. The molecule has 3 rings (SSSR count). The van der Waals surface area contributed by atoms with E-state index in [0.717, 1.165) is 29.0 Å². The Morgan fingerprint density at radius 1 is 1.36 bits per heavy atom. The number of aliphatic hydroxyl groups excluding tert-OH is 1. The Balaban J connectivity index is 1.81. The van der Waals surface area contributed by atoms with Crippen LogP contribution in [-0.2, 0) is 23.4 Å². The van der Waals surface area contributed by atoms with Crippen molar-refractivity contribution in [2.75, 3.05) is 13.2 Å². The number of aromatic nitrogens is 2. The summed E-state index contributed by atoms with van der Waals surface area (Å²) in [5.41, 5.74) is -1.44. The van der Waals surface area contributed by atoms with Gasteiger partial charge < -0.3 is 19.1 Å². The highest BCUT2D eigenvalue weighted by Gasteiger charge is 2.51. The molecular formula is C21H26BFN3O9P. The zero-order valence-electron chi connectivity index (χ0n) is 19.8. The number of carbonyl (C=O) groups excluding carboxylic acids is 1. The Kier molecular flexibility index (Phi) is 8.57.